The van der Waals surface area contributed by atoms with Gasteiger partial charge in [0.1, 0.15) is 0 Å². The van der Waals surface area contributed by atoms with Crippen LogP contribution in [0.5, 0.6) is 0 Å². The molecule has 1 amide bonds. The van der Waals surface area contributed by atoms with E-state index in [0.717, 1.165) is 9.37 Å². The van der Waals surface area contributed by atoms with E-state index in [4.69, 9.17) is 4.74 Å². The van der Waals surface area contributed by atoms with Crippen molar-refractivity contribution in [2.45, 2.75) is 37.0 Å². The number of esters is 1. The second-order valence-corrected chi connectivity index (χ2v) is 7.68. The average Bonchev–Trinajstić information content (AvgIpc) is 2.58. The van der Waals surface area contributed by atoms with Crippen molar-refractivity contribution in [2.24, 2.45) is 5.92 Å². The molecule has 1 N–H and O–H groups in total. The van der Waals surface area contributed by atoms with E-state index < -0.39 is 0 Å². The fourth-order valence-corrected chi connectivity index (χ4v) is 3.52. The smallest absolute Gasteiger partial charge is 0.316 e. The first-order valence-electron chi connectivity index (χ1n) is 7.94. The number of ether oxygens (including phenoxy) is 1. The standard InChI is InChI=1S/C17H22BrNO3S/c18-14-6-8-15(9-7-14)23-12-17(21)22-11-16(20)19-10-13-4-2-1-3-5-13/h6-9,13H,1-5,10-12H2,(H,19,20). The quantitative estimate of drug-likeness (QED) is 0.559. The molecular formula is C17H22BrNO3S. The van der Waals surface area contributed by atoms with E-state index in [1.54, 1.807) is 0 Å². The van der Waals surface area contributed by atoms with Gasteiger partial charge in [-0.1, -0.05) is 35.2 Å². The van der Waals surface area contributed by atoms with Crippen LogP contribution in [-0.2, 0) is 14.3 Å². The Morgan fingerprint density at radius 2 is 1.87 bits per heavy atom. The normalized spacial score (nSPS) is 15.2. The molecule has 0 aliphatic heterocycles. The summed E-state index contributed by atoms with van der Waals surface area (Å²) in [6, 6.07) is 7.70. The molecule has 1 aromatic carbocycles. The maximum Gasteiger partial charge on any atom is 0.316 e. The summed E-state index contributed by atoms with van der Waals surface area (Å²) in [5.74, 6) is 0.206. The van der Waals surface area contributed by atoms with Crippen LogP contribution in [0.25, 0.3) is 0 Å². The lowest BCUT2D eigenvalue weighted by molar-refractivity contribution is -0.146. The fourth-order valence-electron chi connectivity index (χ4n) is 2.56. The van der Waals surface area contributed by atoms with Crippen LogP contribution in [0.1, 0.15) is 32.1 Å². The molecule has 23 heavy (non-hydrogen) atoms. The number of hydrogen-bond donors (Lipinski definition) is 1. The highest BCUT2D eigenvalue weighted by molar-refractivity contribution is 9.10. The zero-order valence-corrected chi connectivity index (χ0v) is 15.5. The number of nitrogens with one attached hydrogen (secondary N) is 1. The Bertz CT molecular complexity index is 515. The minimum atomic E-state index is -0.370. The van der Waals surface area contributed by atoms with Crippen LogP contribution in [0.3, 0.4) is 0 Å². The maximum absolute atomic E-state index is 11.7. The van der Waals surface area contributed by atoms with E-state index >= 15 is 0 Å². The Balaban J connectivity index is 1.57. The Morgan fingerprint density at radius 3 is 2.57 bits per heavy atom. The van der Waals surface area contributed by atoms with Gasteiger partial charge in [-0.15, -0.1) is 11.8 Å². The van der Waals surface area contributed by atoms with Gasteiger partial charge in [0, 0.05) is 15.9 Å². The number of amides is 1. The van der Waals surface area contributed by atoms with Crippen LogP contribution in [0.15, 0.2) is 33.6 Å². The van der Waals surface area contributed by atoms with Gasteiger partial charge in [-0.3, -0.25) is 9.59 Å². The highest BCUT2D eigenvalue weighted by Crippen LogP contribution is 2.22. The minimum absolute atomic E-state index is 0.188. The number of hydrogen-bond acceptors (Lipinski definition) is 4. The molecule has 1 aromatic rings. The molecule has 0 saturated heterocycles. The van der Waals surface area contributed by atoms with E-state index in [9.17, 15) is 9.59 Å². The van der Waals surface area contributed by atoms with Crippen LogP contribution >= 0.6 is 27.7 Å². The number of thioether (sulfide) groups is 1. The molecule has 0 radical (unpaired) electrons. The minimum Gasteiger partial charge on any atom is -0.455 e. The Kier molecular flexibility index (Phi) is 7.95. The van der Waals surface area contributed by atoms with Gasteiger partial charge < -0.3 is 10.1 Å². The van der Waals surface area contributed by atoms with E-state index in [-0.39, 0.29) is 24.2 Å². The lowest BCUT2D eigenvalue weighted by Crippen LogP contribution is -2.33. The number of halogens is 1. The Labute approximate surface area is 149 Å². The monoisotopic (exact) mass is 399 g/mol. The molecule has 126 valence electrons. The molecule has 0 atom stereocenters. The van der Waals surface area contributed by atoms with Crippen molar-refractivity contribution in [3.63, 3.8) is 0 Å². The lowest BCUT2D eigenvalue weighted by Gasteiger charge is -2.21. The third-order valence-electron chi connectivity index (χ3n) is 3.85. The SMILES string of the molecule is O=C(COC(=O)CSc1ccc(Br)cc1)NCC1CCCCC1. The van der Waals surface area contributed by atoms with Gasteiger partial charge in [0.15, 0.2) is 6.61 Å². The molecule has 0 unspecified atom stereocenters. The number of rotatable bonds is 7. The topological polar surface area (TPSA) is 55.4 Å². The summed E-state index contributed by atoms with van der Waals surface area (Å²) in [6.45, 7) is 0.510. The van der Waals surface area contributed by atoms with E-state index in [2.05, 4.69) is 21.2 Å². The second kappa shape index (κ2) is 9.98. The Morgan fingerprint density at radius 1 is 1.17 bits per heavy atom. The van der Waals surface area contributed by atoms with Gasteiger partial charge in [-0.25, -0.2) is 0 Å². The summed E-state index contributed by atoms with van der Waals surface area (Å²) in [5, 5.41) is 2.86. The fraction of sp³-hybridized carbons (Fsp3) is 0.529. The third-order valence-corrected chi connectivity index (χ3v) is 5.36. The second-order valence-electron chi connectivity index (χ2n) is 5.71. The lowest BCUT2D eigenvalue weighted by atomic mass is 9.89. The van der Waals surface area contributed by atoms with Gasteiger partial charge in [0.2, 0.25) is 0 Å². The van der Waals surface area contributed by atoms with Crippen molar-refractivity contribution in [1.29, 1.82) is 0 Å². The molecule has 1 aliphatic rings. The zero-order valence-electron chi connectivity index (χ0n) is 13.1. The maximum atomic E-state index is 11.7. The summed E-state index contributed by atoms with van der Waals surface area (Å²) in [7, 11) is 0. The highest BCUT2D eigenvalue weighted by Gasteiger charge is 2.15. The average molecular weight is 400 g/mol. The van der Waals surface area contributed by atoms with Crippen LogP contribution in [0.4, 0.5) is 0 Å². The van der Waals surface area contributed by atoms with Gasteiger partial charge in [-0.05, 0) is 43.0 Å². The molecule has 6 heteroatoms. The molecule has 1 aliphatic carbocycles. The summed E-state index contributed by atoms with van der Waals surface area (Å²) in [5.41, 5.74) is 0. The first-order valence-corrected chi connectivity index (χ1v) is 9.72. The molecule has 1 saturated carbocycles. The van der Waals surface area contributed by atoms with Crippen molar-refractivity contribution < 1.29 is 14.3 Å². The summed E-state index contributed by atoms with van der Waals surface area (Å²) in [6.07, 6.45) is 6.18. The summed E-state index contributed by atoms with van der Waals surface area (Å²) in [4.78, 5) is 24.4. The highest BCUT2D eigenvalue weighted by atomic mass is 79.9. The first-order chi connectivity index (χ1) is 11.1. The van der Waals surface area contributed by atoms with E-state index in [1.807, 2.05) is 24.3 Å². The predicted octanol–water partition coefficient (Wildman–Crippen LogP) is 3.78. The zero-order chi connectivity index (χ0) is 16.5. The molecule has 1 fully saturated rings. The van der Waals surface area contributed by atoms with Crippen molar-refractivity contribution in [3.05, 3.63) is 28.7 Å². The molecule has 4 nitrogen and oxygen atoms in total. The van der Waals surface area contributed by atoms with E-state index in [0.29, 0.717) is 12.5 Å². The molecular weight excluding hydrogens is 378 g/mol. The van der Waals surface area contributed by atoms with Crippen LogP contribution in [0, 0.1) is 5.92 Å². The molecule has 0 spiro atoms. The molecule has 0 aromatic heterocycles. The number of benzene rings is 1. The summed E-state index contributed by atoms with van der Waals surface area (Å²) < 4.78 is 6.01. The third kappa shape index (κ3) is 7.40. The van der Waals surface area contributed by atoms with Gasteiger partial charge in [0.05, 0.1) is 5.75 Å². The molecule has 2 rings (SSSR count). The number of carbonyl (C=O) groups is 2. The van der Waals surface area contributed by atoms with Crippen LogP contribution in [-0.4, -0.2) is 30.8 Å². The predicted molar refractivity (Wildman–Crippen MR) is 95.4 cm³/mol. The van der Waals surface area contributed by atoms with Crippen molar-refractivity contribution in [1.82, 2.24) is 5.32 Å². The van der Waals surface area contributed by atoms with Gasteiger partial charge >= 0.3 is 5.97 Å². The van der Waals surface area contributed by atoms with Crippen molar-refractivity contribution in [2.75, 3.05) is 18.9 Å². The van der Waals surface area contributed by atoms with Crippen LogP contribution in [0.2, 0.25) is 0 Å². The first kappa shape index (κ1) is 18.3. The van der Waals surface area contributed by atoms with Crippen molar-refractivity contribution >= 4 is 39.6 Å². The number of carbonyl (C=O) groups excluding carboxylic acids is 2. The summed E-state index contributed by atoms with van der Waals surface area (Å²) >= 11 is 4.76. The van der Waals surface area contributed by atoms with Crippen molar-refractivity contribution in [3.8, 4) is 0 Å². The largest absolute Gasteiger partial charge is 0.455 e. The van der Waals surface area contributed by atoms with Gasteiger partial charge in [-0.2, -0.15) is 0 Å². The molecule has 0 heterocycles. The van der Waals surface area contributed by atoms with Crippen LogP contribution < -0.4 is 5.32 Å². The van der Waals surface area contributed by atoms with Gasteiger partial charge in [0.25, 0.3) is 5.91 Å². The molecule has 0 bridgehead atoms. The Hall–Kier alpha value is -1.01. The van der Waals surface area contributed by atoms with E-state index in [1.165, 1.54) is 43.9 Å².